The lowest BCUT2D eigenvalue weighted by Crippen LogP contribution is -2.64. The number of hydrogen-bond donors (Lipinski definition) is 2. The third-order valence-electron chi connectivity index (χ3n) is 11.1. The number of rotatable bonds is 3. The summed E-state index contributed by atoms with van der Waals surface area (Å²) in [6, 6.07) is 13.6. The average molecular weight is 589 g/mol. The van der Waals surface area contributed by atoms with E-state index in [2.05, 4.69) is 22.9 Å². The molecule has 0 radical (unpaired) electrons. The highest BCUT2D eigenvalue weighted by atomic mass is 16.6. The molecular weight excluding hydrogens is 548 g/mol. The van der Waals surface area contributed by atoms with Gasteiger partial charge in [0.2, 0.25) is 0 Å². The first-order chi connectivity index (χ1) is 20.7. The van der Waals surface area contributed by atoms with E-state index >= 15 is 0 Å². The number of fused-ring (bicyclic) bond motifs is 2. The van der Waals surface area contributed by atoms with Gasteiger partial charge in [0.05, 0.1) is 12.7 Å². The number of methoxy groups -OCH3 is 1. The van der Waals surface area contributed by atoms with Gasteiger partial charge in [0.25, 0.3) is 0 Å². The van der Waals surface area contributed by atoms with Gasteiger partial charge < -0.3 is 29.3 Å². The number of esters is 2. The molecule has 0 amide bonds. The molecule has 2 aromatic carbocycles. The van der Waals surface area contributed by atoms with E-state index in [1.54, 1.807) is 30.3 Å². The average Bonchev–Trinajstić information content (AvgIpc) is 3.48. The van der Waals surface area contributed by atoms with Crippen LogP contribution in [0.15, 0.2) is 54.6 Å². The summed E-state index contributed by atoms with van der Waals surface area (Å²) in [5, 5.41) is 20.6. The molecule has 9 heteroatoms. The SMILES string of the molecule is CN1CC[C@]23c4c5ccc(O)c4O[C@H]2[C@@H](O)C=C[C@H]3[C@H]1C5.COC(=O)[C@H]1[C@@H](OC(=O)c2ccccc2)C[C@@H]2CC[C@H]1N2C. The first-order valence-electron chi connectivity index (χ1n) is 15.4. The summed E-state index contributed by atoms with van der Waals surface area (Å²) in [7, 11) is 5.61. The second kappa shape index (κ2) is 10.6. The first kappa shape index (κ1) is 28.4. The van der Waals surface area contributed by atoms with Crippen LogP contribution in [0.2, 0.25) is 0 Å². The molecule has 9 nitrogen and oxygen atoms in total. The van der Waals surface area contributed by atoms with E-state index < -0.39 is 18.1 Å². The van der Waals surface area contributed by atoms with Gasteiger partial charge in [0.1, 0.15) is 24.2 Å². The van der Waals surface area contributed by atoms with Crippen molar-refractivity contribution in [2.75, 3.05) is 27.7 Å². The Morgan fingerprint density at radius 2 is 1.84 bits per heavy atom. The fourth-order valence-electron chi connectivity index (χ4n) is 9.01. The molecule has 0 unspecified atom stereocenters. The van der Waals surface area contributed by atoms with Crippen LogP contribution in [0.3, 0.4) is 0 Å². The number of aliphatic hydroxyl groups excluding tert-OH is 1. The fraction of sp³-hybridized carbons (Fsp3) is 0.529. The van der Waals surface area contributed by atoms with Crippen molar-refractivity contribution >= 4 is 11.9 Å². The summed E-state index contributed by atoms with van der Waals surface area (Å²) in [5.74, 6) is 0.127. The number of benzene rings is 2. The van der Waals surface area contributed by atoms with Crippen LogP contribution in [0.5, 0.6) is 11.5 Å². The van der Waals surface area contributed by atoms with E-state index in [1.807, 2.05) is 25.3 Å². The molecule has 9 atom stereocenters. The highest BCUT2D eigenvalue weighted by Gasteiger charge is 2.64. The Balaban J connectivity index is 0.000000140. The Bertz CT molecular complexity index is 1450. The second-order valence-corrected chi connectivity index (χ2v) is 13.0. The molecule has 4 heterocycles. The first-order valence-corrected chi connectivity index (χ1v) is 15.4. The zero-order valence-corrected chi connectivity index (χ0v) is 24.9. The van der Waals surface area contributed by atoms with E-state index in [-0.39, 0.29) is 35.2 Å². The van der Waals surface area contributed by atoms with Crippen molar-refractivity contribution in [3.8, 4) is 11.5 Å². The van der Waals surface area contributed by atoms with Gasteiger partial charge in [0.15, 0.2) is 11.5 Å². The van der Waals surface area contributed by atoms with E-state index in [0.717, 1.165) is 32.2 Å². The minimum absolute atomic E-state index is 0.0970. The van der Waals surface area contributed by atoms with E-state index in [4.69, 9.17) is 14.2 Å². The number of piperidine rings is 2. The van der Waals surface area contributed by atoms with Gasteiger partial charge >= 0.3 is 11.9 Å². The van der Waals surface area contributed by atoms with Gasteiger partial charge in [-0.2, -0.15) is 0 Å². The monoisotopic (exact) mass is 588 g/mol. The number of carbonyl (C=O) groups excluding carboxylic acids is 2. The lowest BCUT2D eigenvalue weighted by molar-refractivity contribution is -0.156. The fourth-order valence-corrected chi connectivity index (χ4v) is 9.01. The zero-order chi connectivity index (χ0) is 30.0. The zero-order valence-electron chi connectivity index (χ0n) is 24.9. The Labute approximate surface area is 252 Å². The maximum atomic E-state index is 12.3. The minimum atomic E-state index is -0.594. The number of likely N-dealkylation sites (N-methyl/N-ethyl adjacent to an activating group) is 1. The maximum Gasteiger partial charge on any atom is 0.338 e. The predicted octanol–water partition coefficient (Wildman–Crippen LogP) is 3.07. The van der Waals surface area contributed by atoms with Crippen molar-refractivity contribution in [1.82, 2.24) is 9.80 Å². The topological polar surface area (TPSA) is 109 Å². The number of hydrogen-bond acceptors (Lipinski definition) is 9. The Hall–Kier alpha value is -3.40. The van der Waals surface area contributed by atoms with Crippen LogP contribution in [-0.4, -0.2) is 96.1 Å². The highest BCUT2D eigenvalue weighted by molar-refractivity contribution is 5.89. The number of ether oxygens (including phenoxy) is 3. The van der Waals surface area contributed by atoms with Gasteiger partial charge in [-0.15, -0.1) is 0 Å². The Morgan fingerprint density at radius 1 is 1.05 bits per heavy atom. The standard InChI is InChI=1S/C17H21NO4.C17H19NO3/c1-18-12-8-9-13(18)15(17(20)21-2)14(10-12)22-16(19)11-6-4-3-5-7-11;1-18-7-6-17-10-3-5-13(20)16(17)21-15-12(19)4-2-9(14(15)17)8-11(10)18/h3-7,12-15H,8-10H2,1-2H3;2-5,10-11,13,16,19-20H,6-8H2,1H3/t12-,13+,14-,15+;10-,11+,13-,16-,17-/m00/s1. The summed E-state index contributed by atoms with van der Waals surface area (Å²) >= 11 is 0. The normalized spacial score (nSPS) is 36.6. The maximum absolute atomic E-state index is 12.3. The molecule has 0 saturated carbocycles. The van der Waals surface area contributed by atoms with Crippen LogP contribution in [-0.2, 0) is 26.1 Å². The summed E-state index contributed by atoms with van der Waals surface area (Å²) in [5.41, 5.74) is 2.80. The molecule has 4 bridgehead atoms. The second-order valence-electron chi connectivity index (χ2n) is 13.0. The molecule has 43 heavy (non-hydrogen) atoms. The largest absolute Gasteiger partial charge is 0.504 e. The Kier molecular flexibility index (Phi) is 7.02. The van der Waals surface area contributed by atoms with Crippen molar-refractivity contribution in [2.24, 2.45) is 11.8 Å². The number of aromatic hydroxyl groups is 1. The molecular formula is C34H40N2O7. The third-order valence-corrected chi connectivity index (χ3v) is 11.1. The van der Waals surface area contributed by atoms with Gasteiger partial charge in [0, 0.05) is 41.4 Å². The van der Waals surface area contributed by atoms with E-state index in [1.165, 1.54) is 18.2 Å². The van der Waals surface area contributed by atoms with Gasteiger partial charge in [-0.25, -0.2) is 4.79 Å². The minimum Gasteiger partial charge on any atom is -0.504 e. The molecule has 0 aromatic heterocycles. The molecule has 228 valence electrons. The van der Waals surface area contributed by atoms with Gasteiger partial charge in [-0.05, 0) is 70.1 Å². The van der Waals surface area contributed by atoms with E-state index in [9.17, 15) is 19.8 Å². The van der Waals surface area contributed by atoms with Gasteiger partial charge in [-0.1, -0.05) is 36.4 Å². The van der Waals surface area contributed by atoms with Crippen LogP contribution in [0.1, 0.15) is 47.2 Å². The van der Waals surface area contributed by atoms with Crippen molar-refractivity contribution in [3.05, 3.63) is 71.3 Å². The van der Waals surface area contributed by atoms with Crippen LogP contribution in [0, 0.1) is 11.8 Å². The van der Waals surface area contributed by atoms with Crippen molar-refractivity contribution in [2.45, 2.75) is 74.0 Å². The molecule has 6 aliphatic rings. The molecule has 3 fully saturated rings. The quantitative estimate of drug-likeness (QED) is 0.413. The molecule has 2 aliphatic carbocycles. The molecule has 2 aromatic rings. The smallest absolute Gasteiger partial charge is 0.338 e. The predicted molar refractivity (Wildman–Crippen MR) is 158 cm³/mol. The van der Waals surface area contributed by atoms with E-state index in [0.29, 0.717) is 35.7 Å². The number of phenols is 1. The summed E-state index contributed by atoms with van der Waals surface area (Å²) in [6.07, 6.45) is 7.44. The highest BCUT2D eigenvalue weighted by Crippen LogP contribution is 2.62. The summed E-state index contributed by atoms with van der Waals surface area (Å²) in [4.78, 5) is 29.1. The Morgan fingerprint density at radius 3 is 2.60 bits per heavy atom. The van der Waals surface area contributed by atoms with Crippen LogP contribution >= 0.6 is 0 Å². The van der Waals surface area contributed by atoms with Crippen molar-refractivity contribution in [3.63, 3.8) is 0 Å². The molecule has 3 saturated heterocycles. The van der Waals surface area contributed by atoms with Crippen LogP contribution in [0.25, 0.3) is 0 Å². The van der Waals surface area contributed by atoms with Gasteiger partial charge in [-0.3, -0.25) is 9.69 Å². The third kappa shape index (κ3) is 4.30. The number of likely N-dealkylation sites (tertiary alicyclic amines) is 1. The molecule has 4 aliphatic heterocycles. The lowest BCUT2D eigenvalue weighted by Gasteiger charge is -2.56. The number of carbonyl (C=O) groups is 2. The number of aliphatic hydroxyl groups is 1. The molecule has 1 spiro atoms. The molecule has 2 N–H and O–H groups in total. The summed E-state index contributed by atoms with van der Waals surface area (Å²) < 4.78 is 16.7. The number of phenolic OH excluding ortho intramolecular Hbond substituents is 1. The molecule has 8 rings (SSSR count). The van der Waals surface area contributed by atoms with Crippen molar-refractivity contribution < 1.29 is 34.0 Å². The lowest BCUT2D eigenvalue weighted by atomic mass is 9.53. The van der Waals surface area contributed by atoms with Crippen molar-refractivity contribution in [1.29, 1.82) is 0 Å². The van der Waals surface area contributed by atoms with Crippen LogP contribution < -0.4 is 4.74 Å². The van der Waals surface area contributed by atoms with Crippen LogP contribution in [0.4, 0.5) is 0 Å². The summed E-state index contributed by atoms with van der Waals surface area (Å²) in [6.45, 7) is 1.01. The number of nitrogens with zero attached hydrogens (tertiary/aromatic N) is 2.